The molecule has 0 N–H and O–H groups in total. The van der Waals surface area contributed by atoms with E-state index in [9.17, 15) is 8.42 Å². The molecule has 1 aliphatic carbocycles. The highest BCUT2D eigenvalue weighted by Crippen LogP contribution is 2.35. The minimum Gasteiger partial charge on any atom is -0.207 e. The van der Waals surface area contributed by atoms with Gasteiger partial charge in [-0.05, 0) is 49.5 Å². The lowest BCUT2D eigenvalue weighted by molar-refractivity contribution is 0.233. The number of hydrogen-bond donors (Lipinski definition) is 0. The maximum Gasteiger partial charge on any atom is 0.244 e. The third-order valence-corrected chi connectivity index (χ3v) is 8.46. The largest absolute Gasteiger partial charge is 0.244 e. The maximum atomic E-state index is 12.9. The predicted molar refractivity (Wildman–Crippen MR) is 89.6 cm³/mol. The molecule has 21 heavy (non-hydrogen) atoms. The summed E-state index contributed by atoms with van der Waals surface area (Å²) in [5.74, 6) is 1.02. The predicted octanol–water partition coefficient (Wildman–Crippen LogP) is 4.38. The molecule has 0 radical (unpaired) electrons. The molecule has 1 aliphatic rings. The summed E-state index contributed by atoms with van der Waals surface area (Å²) in [6.45, 7) is 4.06. The van der Waals surface area contributed by atoms with Gasteiger partial charge in [0.15, 0.2) is 0 Å². The number of halogens is 1. The van der Waals surface area contributed by atoms with Crippen molar-refractivity contribution in [1.29, 1.82) is 0 Å². The second kappa shape index (κ2) is 6.99. The molecule has 1 aromatic heterocycles. The number of alkyl halides is 1. The number of hydrogen-bond acceptors (Lipinski definition) is 3. The zero-order valence-corrected chi connectivity index (χ0v) is 15.3. The molecule has 1 aromatic rings. The van der Waals surface area contributed by atoms with E-state index < -0.39 is 10.0 Å². The fraction of sp³-hybridized carbons (Fsp3) is 0.733. The molecule has 1 saturated carbocycles. The van der Waals surface area contributed by atoms with Crippen LogP contribution in [0.25, 0.3) is 0 Å². The minimum atomic E-state index is -3.43. The first-order chi connectivity index (χ1) is 9.91. The van der Waals surface area contributed by atoms with Gasteiger partial charge in [0.25, 0.3) is 0 Å². The van der Waals surface area contributed by atoms with E-state index in [-0.39, 0.29) is 11.9 Å². The summed E-state index contributed by atoms with van der Waals surface area (Å²) in [7, 11) is -1.71. The van der Waals surface area contributed by atoms with Crippen LogP contribution < -0.4 is 0 Å². The van der Waals surface area contributed by atoms with Crippen molar-refractivity contribution in [3.63, 3.8) is 0 Å². The molecule has 0 aliphatic heterocycles. The van der Waals surface area contributed by atoms with Gasteiger partial charge in [-0.15, -0.1) is 22.9 Å². The first kappa shape index (κ1) is 17.3. The monoisotopic (exact) mass is 349 g/mol. The molecule has 0 unspecified atom stereocenters. The Hall–Kier alpha value is -0.100. The van der Waals surface area contributed by atoms with Crippen LogP contribution in [-0.2, 0) is 15.9 Å². The summed E-state index contributed by atoms with van der Waals surface area (Å²) >= 11 is 7.34. The zero-order valence-electron chi connectivity index (χ0n) is 12.9. The molecule has 0 bridgehead atoms. The molecule has 1 heterocycles. The Morgan fingerprint density at radius 3 is 2.48 bits per heavy atom. The zero-order chi connectivity index (χ0) is 15.6. The van der Waals surface area contributed by atoms with Crippen LogP contribution in [0.5, 0.6) is 0 Å². The third-order valence-electron chi connectivity index (χ3n) is 4.66. The van der Waals surface area contributed by atoms with E-state index in [1.165, 1.54) is 17.8 Å². The van der Waals surface area contributed by atoms with E-state index in [0.717, 1.165) is 42.0 Å². The van der Waals surface area contributed by atoms with Gasteiger partial charge in [0.1, 0.15) is 4.90 Å². The number of rotatable bonds is 5. The van der Waals surface area contributed by atoms with Crippen LogP contribution in [-0.4, -0.2) is 25.8 Å². The van der Waals surface area contributed by atoms with Crippen molar-refractivity contribution in [1.82, 2.24) is 4.31 Å². The molecule has 1 fully saturated rings. The van der Waals surface area contributed by atoms with Crippen LogP contribution in [0.1, 0.15) is 49.5 Å². The summed E-state index contributed by atoms with van der Waals surface area (Å²) in [6.07, 6.45) is 5.39. The van der Waals surface area contributed by atoms with Crippen LogP contribution in [0, 0.1) is 12.8 Å². The van der Waals surface area contributed by atoms with Crippen LogP contribution in [0.15, 0.2) is 10.3 Å². The van der Waals surface area contributed by atoms with E-state index >= 15 is 0 Å². The highest BCUT2D eigenvalue weighted by Gasteiger charge is 2.33. The van der Waals surface area contributed by atoms with Crippen molar-refractivity contribution in [2.45, 2.75) is 62.8 Å². The lowest BCUT2D eigenvalue weighted by Crippen LogP contribution is -2.39. The van der Waals surface area contributed by atoms with Crippen molar-refractivity contribution >= 4 is 33.0 Å². The Morgan fingerprint density at radius 2 is 1.95 bits per heavy atom. The van der Waals surface area contributed by atoms with Gasteiger partial charge >= 0.3 is 0 Å². The Morgan fingerprint density at radius 1 is 1.33 bits per heavy atom. The van der Waals surface area contributed by atoms with Crippen molar-refractivity contribution in [3.05, 3.63) is 15.8 Å². The van der Waals surface area contributed by atoms with Crippen molar-refractivity contribution < 1.29 is 8.42 Å². The quantitative estimate of drug-likeness (QED) is 0.739. The van der Waals surface area contributed by atoms with Crippen LogP contribution in [0.2, 0.25) is 0 Å². The third kappa shape index (κ3) is 3.46. The van der Waals surface area contributed by atoms with Crippen molar-refractivity contribution in [2.24, 2.45) is 5.92 Å². The van der Waals surface area contributed by atoms with Gasteiger partial charge in [-0.1, -0.05) is 13.3 Å². The van der Waals surface area contributed by atoms with E-state index in [1.807, 2.05) is 12.3 Å². The molecule has 2 rings (SSSR count). The van der Waals surface area contributed by atoms with Crippen molar-refractivity contribution in [2.75, 3.05) is 7.05 Å². The van der Waals surface area contributed by atoms with Crippen LogP contribution in [0.3, 0.4) is 0 Å². The Kier molecular flexibility index (Phi) is 5.74. The van der Waals surface area contributed by atoms with Gasteiger partial charge in [0.2, 0.25) is 10.0 Å². The van der Waals surface area contributed by atoms with Gasteiger partial charge in [-0.2, -0.15) is 4.31 Å². The lowest BCUT2D eigenvalue weighted by atomic mass is 9.85. The normalized spacial score (nSPS) is 23.7. The molecule has 0 aromatic carbocycles. The Balaban J connectivity index is 2.21. The molecule has 3 nitrogen and oxygen atoms in total. The highest BCUT2D eigenvalue weighted by atomic mass is 35.5. The van der Waals surface area contributed by atoms with Gasteiger partial charge in [-0.3, -0.25) is 0 Å². The van der Waals surface area contributed by atoms with Crippen LogP contribution in [0.4, 0.5) is 0 Å². The van der Waals surface area contributed by atoms with Gasteiger partial charge in [0, 0.05) is 18.0 Å². The standard InChI is InChI=1S/C15H24ClNO2S2/c1-4-12-5-7-13(8-6-12)17(3)21(18,19)15-11(2)10-20-14(15)9-16/h10,12-13H,4-9H2,1-3H3. The summed E-state index contributed by atoms with van der Waals surface area (Å²) in [6, 6.07) is 0.125. The minimum absolute atomic E-state index is 0.125. The second-order valence-corrected chi connectivity index (χ2v) is 9.07. The van der Waals surface area contributed by atoms with Crippen LogP contribution >= 0.6 is 22.9 Å². The number of aryl methyl sites for hydroxylation is 1. The first-order valence-electron chi connectivity index (χ1n) is 7.52. The molecule has 6 heteroatoms. The topological polar surface area (TPSA) is 37.4 Å². The Labute approximate surface area is 137 Å². The van der Waals surface area contributed by atoms with Gasteiger partial charge in [0.05, 0.1) is 5.88 Å². The SMILES string of the molecule is CCC1CCC(N(C)S(=O)(=O)c2c(C)csc2CCl)CC1. The van der Waals surface area contributed by atoms with E-state index in [4.69, 9.17) is 11.6 Å². The summed E-state index contributed by atoms with van der Waals surface area (Å²) in [4.78, 5) is 1.19. The highest BCUT2D eigenvalue weighted by molar-refractivity contribution is 7.89. The van der Waals surface area contributed by atoms with Crippen molar-refractivity contribution in [3.8, 4) is 0 Å². The number of thiophene rings is 1. The molecule has 120 valence electrons. The van der Waals surface area contributed by atoms with E-state index in [1.54, 1.807) is 11.4 Å². The Bertz CT molecular complexity index is 574. The average Bonchev–Trinajstić information content (AvgIpc) is 2.88. The fourth-order valence-electron chi connectivity index (χ4n) is 3.18. The second-order valence-electron chi connectivity index (χ2n) is 5.91. The molecule has 0 saturated heterocycles. The molecule has 0 spiro atoms. The molecule has 0 amide bonds. The summed E-state index contributed by atoms with van der Waals surface area (Å²) < 4.78 is 27.4. The maximum absolute atomic E-state index is 12.9. The summed E-state index contributed by atoms with van der Waals surface area (Å²) in [5.41, 5.74) is 0.810. The molecule has 0 atom stereocenters. The van der Waals surface area contributed by atoms with E-state index in [2.05, 4.69) is 6.92 Å². The van der Waals surface area contributed by atoms with Gasteiger partial charge < -0.3 is 0 Å². The smallest absolute Gasteiger partial charge is 0.207 e. The first-order valence-corrected chi connectivity index (χ1v) is 10.4. The number of sulfonamides is 1. The van der Waals surface area contributed by atoms with E-state index in [0.29, 0.717) is 4.90 Å². The van der Waals surface area contributed by atoms with Gasteiger partial charge in [-0.25, -0.2) is 8.42 Å². The fourth-order valence-corrected chi connectivity index (χ4v) is 6.60. The number of nitrogens with zero attached hydrogens (tertiary/aromatic N) is 1. The average molecular weight is 350 g/mol. The molecular formula is C15H24ClNO2S2. The summed E-state index contributed by atoms with van der Waals surface area (Å²) in [5, 5.41) is 1.88. The molecular weight excluding hydrogens is 326 g/mol. The lowest BCUT2D eigenvalue weighted by Gasteiger charge is -2.33.